The summed E-state index contributed by atoms with van der Waals surface area (Å²) in [6, 6.07) is 6.06. The molecular formula is C10H12O2. The van der Waals surface area contributed by atoms with Gasteiger partial charge in [-0.05, 0) is 23.6 Å². The van der Waals surface area contributed by atoms with E-state index in [0.29, 0.717) is 5.92 Å². The van der Waals surface area contributed by atoms with E-state index < -0.39 is 0 Å². The van der Waals surface area contributed by atoms with Crippen molar-refractivity contribution < 1.29 is 5.11 Å². The maximum atomic E-state index is 11.1. The van der Waals surface area contributed by atoms with Crippen LogP contribution in [0.15, 0.2) is 29.1 Å². The molecule has 64 valence electrons. The van der Waals surface area contributed by atoms with E-state index in [-0.39, 0.29) is 11.2 Å². The average Bonchev–Trinajstić information content (AvgIpc) is 2.11. The molecule has 0 aliphatic heterocycles. The van der Waals surface area contributed by atoms with Gasteiger partial charge < -0.3 is 5.11 Å². The number of hydrogen-bond acceptors (Lipinski definition) is 2. The lowest BCUT2D eigenvalue weighted by Crippen LogP contribution is -1.94. The molecular weight excluding hydrogens is 152 g/mol. The molecule has 0 amide bonds. The molecule has 0 aliphatic rings. The third-order valence-corrected chi connectivity index (χ3v) is 1.71. The van der Waals surface area contributed by atoms with Crippen LogP contribution in [-0.2, 0) is 0 Å². The smallest absolute Gasteiger partial charge is 0.182 e. The SMILES string of the molecule is CC(C)c1ccc(O)cc(=O)c1. The van der Waals surface area contributed by atoms with Crippen LogP contribution in [0.3, 0.4) is 0 Å². The Morgan fingerprint density at radius 2 is 1.92 bits per heavy atom. The molecule has 12 heavy (non-hydrogen) atoms. The number of rotatable bonds is 1. The Morgan fingerprint density at radius 3 is 2.50 bits per heavy atom. The molecule has 0 unspecified atom stereocenters. The van der Waals surface area contributed by atoms with Crippen LogP contribution in [0, 0.1) is 0 Å². The second kappa shape index (κ2) is 3.39. The summed E-state index contributed by atoms with van der Waals surface area (Å²) in [7, 11) is 0. The molecule has 0 bridgehead atoms. The van der Waals surface area contributed by atoms with Crippen molar-refractivity contribution in [2.24, 2.45) is 0 Å². The van der Waals surface area contributed by atoms with Crippen molar-refractivity contribution in [3.05, 3.63) is 40.1 Å². The second-order valence-electron chi connectivity index (χ2n) is 3.10. The molecule has 0 aliphatic carbocycles. The summed E-state index contributed by atoms with van der Waals surface area (Å²) in [6.07, 6.45) is 0. The quantitative estimate of drug-likeness (QED) is 0.688. The van der Waals surface area contributed by atoms with E-state index in [2.05, 4.69) is 0 Å². The van der Waals surface area contributed by atoms with E-state index in [1.807, 2.05) is 13.8 Å². The van der Waals surface area contributed by atoms with Gasteiger partial charge in [0.2, 0.25) is 0 Å². The van der Waals surface area contributed by atoms with E-state index >= 15 is 0 Å². The first-order chi connectivity index (χ1) is 5.59. The van der Waals surface area contributed by atoms with Crippen molar-refractivity contribution in [2.75, 3.05) is 0 Å². The molecule has 0 fully saturated rings. The monoisotopic (exact) mass is 164 g/mol. The highest BCUT2D eigenvalue weighted by molar-refractivity contribution is 5.25. The summed E-state index contributed by atoms with van der Waals surface area (Å²) in [5.74, 6) is 0.330. The van der Waals surface area contributed by atoms with Gasteiger partial charge in [-0.2, -0.15) is 0 Å². The van der Waals surface area contributed by atoms with Crippen LogP contribution < -0.4 is 5.43 Å². The number of aromatic hydroxyl groups is 1. The van der Waals surface area contributed by atoms with Gasteiger partial charge in [0.15, 0.2) is 5.43 Å². The maximum Gasteiger partial charge on any atom is 0.182 e. The van der Waals surface area contributed by atoms with Gasteiger partial charge in [-0.25, -0.2) is 0 Å². The fourth-order valence-electron chi connectivity index (χ4n) is 0.989. The minimum atomic E-state index is -0.152. The predicted molar refractivity (Wildman–Crippen MR) is 48.5 cm³/mol. The van der Waals surface area contributed by atoms with Crippen LogP contribution in [0.4, 0.5) is 0 Å². The molecule has 0 aromatic heterocycles. The summed E-state index contributed by atoms with van der Waals surface area (Å²) in [5, 5.41) is 9.08. The van der Waals surface area contributed by atoms with E-state index in [0.717, 1.165) is 5.56 Å². The maximum absolute atomic E-state index is 11.1. The third kappa shape index (κ3) is 2.09. The summed E-state index contributed by atoms with van der Waals surface area (Å²) in [4.78, 5) is 11.1. The molecule has 0 saturated heterocycles. The van der Waals surface area contributed by atoms with Gasteiger partial charge in [-0.3, -0.25) is 4.79 Å². The average molecular weight is 164 g/mol. The molecule has 1 aromatic carbocycles. The fourth-order valence-corrected chi connectivity index (χ4v) is 0.989. The first kappa shape index (κ1) is 8.78. The molecule has 1 aromatic rings. The normalized spacial score (nSPS) is 10.2. The minimum Gasteiger partial charge on any atom is -0.508 e. The highest BCUT2D eigenvalue weighted by Gasteiger charge is 1.97. The molecule has 2 nitrogen and oxygen atoms in total. The molecule has 0 radical (unpaired) electrons. The summed E-state index contributed by atoms with van der Waals surface area (Å²) < 4.78 is 0. The van der Waals surface area contributed by atoms with Crippen molar-refractivity contribution in [3.63, 3.8) is 0 Å². The van der Waals surface area contributed by atoms with E-state index in [1.54, 1.807) is 12.1 Å². The Balaban J connectivity index is 3.30. The lowest BCUT2D eigenvalue weighted by Gasteiger charge is -1.98. The first-order valence-electron chi connectivity index (χ1n) is 3.94. The summed E-state index contributed by atoms with van der Waals surface area (Å²) >= 11 is 0. The van der Waals surface area contributed by atoms with Crippen molar-refractivity contribution in [1.82, 2.24) is 0 Å². The van der Waals surface area contributed by atoms with Crippen LogP contribution in [0.25, 0.3) is 0 Å². The van der Waals surface area contributed by atoms with E-state index in [9.17, 15) is 4.79 Å². The van der Waals surface area contributed by atoms with Gasteiger partial charge in [0.1, 0.15) is 5.75 Å². The lowest BCUT2D eigenvalue weighted by atomic mass is 10.1. The highest BCUT2D eigenvalue weighted by Crippen LogP contribution is 2.12. The van der Waals surface area contributed by atoms with Crippen molar-refractivity contribution in [1.29, 1.82) is 0 Å². The lowest BCUT2D eigenvalue weighted by molar-refractivity contribution is 0.475. The second-order valence-corrected chi connectivity index (χ2v) is 3.10. The highest BCUT2D eigenvalue weighted by atomic mass is 16.3. The fraction of sp³-hybridized carbons (Fsp3) is 0.300. The Labute approximate surface area is 71.5 Å². The van der Waals surface area contributed by atoms with Crippen LogP contribution in [0.5, 0.6) is 5.75 Å². The third-order valence-electron chi connectivity index (χ3n) is 1.71. The van der Waals surface area contributed by atoms with Gasteiger partial charge in [0.05, 0.1) is 0 Å². The molecule has 1 rings (SSSR count). The predicted octanol–water partition coefficient (Wildman–Crippen LogP) is 1.88. The standard InChI is InChI=1S/C10H12O2/c1-7(2)8-3-4-9(11)6-10(12)5-8/h3-7,11H,1-2H3. The van der Waals surface area contributed by atoms with Crippen molar-refractivity contribution in [3.8, 4) is 5.75 Å². The van der Waals surface area contributed by atoms with E-state index in [4.69, 9.17) is 5.11 Å². The molecule has 2 heteroatoms. The Bertz CT molecular complexity index is 329. The minimum absolute atomic E-state index is 0.0203. The zero-order valence-corrected chi connectivity index (χ0v) is 7.24. The van der Waals surface area contributed by atoms with Crippen LogP contribution >= 0.6 is 0 Å². The van der Waals surface area contributed by atoms with Gasteiger partial charge in [-0.1, -0.05) is 19.9 Å². The van der Waals surface area contributed by atoms with Crippen LogP contribution in [-0.4, -0.2) is 5.11 Å². The van der Waals surface area contributed by atoms with Gasteiger partial charge in [-0.15, -0.1) is 0 Å². The zero-order chi connectivity index (χ0) is 9.14. The molecule has 0 atom stereocenters. The van der Waals surface area contributed by atoms with Gasteiger partial charge in [0, 0.05) is 6.07 Å². The Kier molecular flexibility index (Phi) is 2.48. The zero-order valence-electron chi connectivity index (χ0n) is 7.24. The molecule has 1 N–H and O–H groups in total. The topological polar surface area (TPSA) is 37.3 Å². The summed E-state index contributed by atoms with van der Waals surface area (Å²) in [5.41, 5.74) is 0.793. The first-order valence-corrected chi connectivity index (χ1v) is 3.94. The summed E-state index contributed by atoms with van der Waals surface area (Å²) in [6.45, 7) is 4.01. The Morgan fingerprint density at radius 1 is 1.25 bits per heavy atom. The number of hydrogen-bond donors (Lipinski definition) is 1. The molecule has 0 spiro atoms. The van der Waals surface area contributed by atoms with Gasteiger partial charge in [0.25, 0.3) is 0 Å². The van der Waals surface area contributed by atoms with Crippen molar-refractivity contribution >= 4 is 0 Å². The van der Waals surface area contributed by atoms with Crippen LogP contribution in [0.2, 0.25) is 0 Å². The molecule has 0 heterocycles. The van der Waals surface area contributed by atoms with E-state index in [1.165, 1.54) is 12.1 Å². The van der Waals surface area contributed by atoms with Gasteiger partial charge >= 0.3 is 0 Å². The van der Waals surface area contributed by atoms with Crippen LogP contribution in [0.1, 0.15) is 25.3 Å². The largest absolute Gasteiger partial charge is 0.508 e. The van der Waals surface area contributed by atoms with Crippen molar-refractivity contribution in [2.45, 2.75) is 19.8 Å². The molecule has 0 saturated carbocycles. The Hall–Kier alpha value is -1.31.